The molecule has 0 aliphatic rings. The van der Waals surface area contributed by atoms with E-state index in [1.165, 1.54) is 11.1 Å². The molecule has 0 aliphatic heterocycles. The quantitative estimate of drug-likeness (QED) is 0.778. The summed E-state index contributed by atoms with van der Waals surface area (Å²) < 4.78 is 11.6. The fourth-order valence-electron chi connectivity index (χ4n) is 1.67. The van der Waals surface area contributed by atoms with E-state index >= 15 is 0 Å². The zero-order chi connectivity index (χ0) is 15.1. The molecule has 122 valence electrons. The molecule has 21 heavy (non-hydrogen) atoms. The van der Waals surface area contributed by atoms with E-state index in [-0.39, 0.29) is 26.6 Å². The van der Waals surface area contributed by atoms with Gasteiger partial charge in [0.1, 0.15) is 0 Å². The van der Waals surface area contributed by atoms with Crippen molar-refractivity contribution in [3.8, 4) is 0 Å². The van der Waals surface area contributed by atoms with Crippen molar-refractivity contribution < 1.29 is 18.4 Å². The Morgan fingerprint density at radius 1 is 1.05 bits per heavy atom. The molecule has 0 aromatic heterocycles. The monoisotopic (exact) mass is 314 g/mol. The Morgan fingerprint density at radius 2 is 1.43 bits per heavy atom. The summed E-state index contributed by atoms with van der Waals surface area (Å²) in [5.41, 5.74) is 2.16. The Hall–Kier alpha value is -1.26. The first-order valence-electron chi connectivity index (χ1n) is 6.00. The number of benzene rings is 1. The van der Waals surface area contributed by atoms with E-state index in [0.717, 1.165) is 0 Å². The SMILES string of the molecule is C.C.CO[Si](C)(C)OC(C)(C)c1ccc(C)cc1.O=C=O. The molecule has 0 amide bonds. The molecule has 0 unspecified atom stereocenters. The van der Waals surface area contributed by atoms with Crippen LogP contribution >= 0.6 is 0 Å². The van der Waals surface area contributed by atoms with Gasteiger partial charge in [0.15, 0.2) is 0 Å². The molecule has 1 aromatic carbocycles. The topological polar surface area (TPSA) is 52.6 Å². The van der Waals surface area contributed by atoms with Crippen LogP contribution in [0.15, 0.2) is 24.3 Å². The Bertz CT molecular complexity index is 418. The maximum atomic E-state index is 8.12. The Kier molecular flexibility index (Phi) is 12.3. The molecular formula is C16H30O4Si. The smallest absolute Gasteiger partial charge is 0.373 e. The molecule has 0 atom stereocenters. The molecule has 0 radical (unpaired) electrons. The number of carbonyl (C=O) groups excluding carboxylic acids is 2. The first-order chi connectivity index (χ1) is 8.68. The molecule has 0 spiro atoms. The van der Waals surface area contributed by atoms with E-state index in [4.69, 9.17) is 18.4 Å². The second-order valence-electron chi connectivity index (χ2n) is 5.17. The minimum atomic E-state index is -2.01. The Morgan fingerprint density at radius 3 is 1.76 bits per heavy atom. The van der Waals surface area contributed by atoms with Crippen molar-refractivity contribution in [3.05, 3.63) is 35.4 Å². The van der Waals surface area contributed by atoms with Crippen LogP contribution in [0.25, 0.3) is 0 Å². The van der Waals surface area contributed by atoms with Crippen LogP contribution in [-0.4, -0.2) is 21.8 Å². The molecule has 0 N–H and O–H groups in total. The van der Waals surface area contributed by atoms with Gasteiger partial charge in [0, 0.05) is 7.11 Å². The first-order valence-corrected chi connectivity index (χ1v) is 8.82. The van der Waals surface area contributed by atoms with Gasteiger partial charge in [-0.2, -0.15) is 9.59 Å². The lowest BCUT2D eigenvalue weighted by Gasteiger charge is -2.34. The van der Waals surface area contributed by atoms with Gasteiger partial charge in [-0.3, -0.25) is 0 Å². The second kappa shape index (κ2) is 10.5. The van der Waals surface area contributed by atoms with Gasteiger partial charge in [-0.05, 0) is 39.4 Å². The van der Waals surface area contributed by atoms with E-state index in [0.29, 0.717) is 0 Å². The van der Waals surface area contributed by atoms with Crippen molar-refractivity contribution in [2.45, 2.75) is 54.3 Å². The van der Waals surface area contributed by atoms with E-state index in [1.54, 1.807) is 7.11 Å². The van der Waals surface area contributed by atoms with Gasteiger partial charge in [-0.1, -0.05) is 44.7 Å². The molecule has 1 aromatic rings. The lowest BCUT2D eigenvalue weighted by molar-refractivity contribution is -0.191. The molecule has 0 aliphatic carbocycles. The van der Waals surface area contributed by atoms with Gasteiger partial charge < -0.3 is 8.85 Å². The van der Waals surface area contributed by atoms with Crippen LogP contribution in [0.3, 0.4) is 0 Å². The first kappa shape index (κ1) is 24.7. The summed E-state index contributed by atoms with van der Waals surface area (Å²) in [5.74, 6) is 0. The highest BCUT2D eigenvalue weighted by Gasteiger charge is 2.33. The fraction of sp³-hybridized carbons (Fsp3) is 0.562. The summed E-state index contributed by atoms with van der Waals surface area (Å²) >= 11 is 0. The molecule has 0 saturated heterocycles. The van der Waals surface area contributed by atoms with Gasteiger partial charge in [0.2, 0.25) is 0 Å². The third-order valence-corrected chi connectivity index (χ3v) is 4.72. The van der Waals surface area contributed by atoms with Crippen molar-refractivity contribution >= 4 is 14.7 Å². The van der Waals surface area contributed by atoms with Crippen LogP contribution in [-0.2, 0) is 24.0 Å². The molecular weight excluding hydrogens is 284 g/mol. The molecule has 5 heteroatoms. The Balaban J connectivity index is -0.000000596. The van der Waals surface area contributed by atoms with Crippen molar-refractivity contribution in [3.63, 3.8) is 0 Å². The summed E-state index contributed by atoms with van der Waals surface area (Å²) in [6.45, 7) is 10.4. The van der Waals surface area contributed by atoms with Crippen LogP contribution < -0.4 is 0 Å². The Labute approximate surface area is 130 Å². The minimum Gasteiger partial charge on any atom is -0.398 e. The van der Waals surface area contributed by atoms with E-state index in [1.807, 2.05) is 0 Å². The van der Waals surface area contributed by atoms with Crippen LogP contribution in [0.4, 0.5) is 0 Å². The van der Waals surface area contributed by atoms with E-state index < -0.39 is 8.56 Å². The second-order valence-corrected chi connectivity index (χ2v) is 8.58. The maximum absolute atomic E-state index is 8.12. The lowest BCUT2D eigenvalue weighted by atomic mass is 9.98. The number of hydrogen-bond acceptors (Lipinski definition) is 4. The third-order valence-electron chi connectivity index (χ3n) is 2.74. The van der Waals surface area contributed by atoms with Gasteiger partial charge in [0.05, 0.1) is 5.60 Å². The standard InChI is InChI=1S/C13H22O2Si.CO2.2CH4/c1-11-7-9-12(10-8-11)13(2,3)15-16(5,6)14-4;2-1-3;;/h7-10H,1-6H3;;2*1H4. The highest BCUT2D eigenvalue weighted by molar-refractivity contribution is 6.64. The van der Waals surface area contributed by atoms with Crippen molar-refractivity contribution in [1.29, 1.82) is 0 Å². The van der Waals surface area contributed by atoms with Gasteiger partial charge in [-0.25, -0.2) is 0 Å². The zero-order valence-corrected chi connectivity index (χ0v) is 13.4. The minimum absolute atomic E-state index is 0. The predicted molar refractivity (Wildman–Crippen MR) is 88.3 cm³/mol. The highest BCUT2D eigenvalue weighted by atomic mass is 28.4. The van der Waals surface area contributed by atoms with Crippen LogP contribution in [0.2, 0.25) is 13.1 Å². The normalized spacial score (nSPS) is 10.2. The summed E-state index contributed by atoms with van der Waals surface area (Å²) in [5, 5.41) is 0. The predicted octanol–water partition coefficient (Wildman–Crippen LogP) is 4.28. The van der Waals surface area contributed by atoms with Crippen molar-refractivity contribution in [2.24, 2.45) is 0 Å². The largest absolute Gasteiger partial charge is 0.398 e. The summed E-state index contributed by atoms with van der Waals surface area (Å²) in [6.07, 6.45) is 0.250. The number of rotatable bonds is 4. The molecule has 0 heterocycles. The lowest BCUT2D eigenvalue weighted by Crippen LogP contribution is -2.41. The van der Waals surface area contributed by atoms with E-state index in [9.17, 15) is 0 Å². The van der Waals surface area contributed by atoms with E-state index in [2.05, 4.69) is 58.1 Å². The van der Waals surface area contributed by atoms with Crippen LogP contribution in [0.5, 0.6) is 0 Å². The zero-order valence-electron chi connectivity index (χ0n) is 12.4. The average molecular weight is 314 g/mol. The molecule has 0 bridgehead atoms. The molecule has 0 fully saturated rings. The third kappa shape index (κ3) is 9.32. The molecule has 4 nitrogen and oxygen atoms in total. The fourth-order valence-corrected chi connectivity index (χ4v) is 3.10. The van der Waals surface area contributed by atoms with Gasteiger partial charge in [-0.15, -0.1) is 0 Å². The summed E-state index contributed by atoms with van der Waals surface area (Å²) in [7, 11) is -0.289. The van der Waals surface area contributed by atoms with Crippen molar-refractivity contribution in [1.82, 2.24) is 0 Å². The number of aryl methyl sites for hydroxylation is 1. The van der Waals surface area contributed by atoms with Crippen LogP contribution in [0, 0.1) is 6.92 Å². The summed E-state index contributed by atoms with van der Waals surface area (Å²) in [6, 6.07) is 8.47. The molecule has 0 saturated carbocycles. The highest BCUT2D eigenvalue weighted by Crippen LogP contribution is 2.28. The van der Waals surface area contributed by atoms with Gasteiger partial charge >= 0.3 is 14.7 Å². The number of hydrogen-bond donors (Lipinski definition) is 0. The average Bonchev–Trinajstić information content (AvgIpc) is 2.29. The van der Waals surface area contributed by atoms with Gasteiger partial charge in [0.25, 0.3) is 0 Å². The van der Waals surface area contributed by atoms with Crippen molar-refractivity contribution in [2.75, 3.05) is 7.11 Å². The van der Waals surface area contributed by atoms with Crippen LogP contribution in [0.1, 0.15) is 39.8 Å². The molecule has 1 rings (SSSR count). The summed E-state index contributed by atoms with van der Waals surface area (Å²) in [4.78, 5) is 16.2. The maximum Gasteiger partial charge on any atom is 0.373 e.